The van der Waals surface area contributed by atoms with Crippen LogP contribution in [0.15, 0.2) is 29.4 Å². The monoisotopic (exact) mass is 303 g/mol. The zero-order chi connectivity index (χ0) is 15.2. The molecule has 2 aromatic rings. The van der Waals surface area contributed by atoms with E-state index in [1.165, 1.54) is 0 Å². The van der Waals surface area contributed by atoms with E-state index in [2.05, 4.69) is 39.3 Å². The van der Waals surface area contributed by atoms with Crippen LogP contribution in [0.3, 0.4) is 0 Å². The van der Waals surface area contributed by atoms with Gasteiger partial charge in [-0.1, -0.05) is 25.5 Å². The van der Waals surface area contributed by atoms with Crippen LogP contribution >= 0.6 is 12.2 Å². The smallest absolute Gasteiger partial charge is 0.216 e. The van der Waals surface area contributed by atoms with Gasteiger partial charge in [0.15, 0.2) is 5.82 Å². The Hall–Kier alpha value is -1.95. The van der Waals surface area contributed by atoms with E-state index >= 15 is 0 Å². The predicted octanol–water partition coefficient (Wildman–Crippen LogP) is 3.23. The summed E-state index contributed by atoms with van der Waals surface area (Å²) >= 11 is 5.22. The zero-order valence-corrected chi connectivity index (χ0v) is 13.5. The molecule has 0 fully saturated rings. The van der Waals surface area contributed by atoms with Gasteiger partial charge in [0.05, 0.1) is 6.21 Å². The molecule has 1 N–H and O–H groups in total. The summed E-state index contributed by atoms with van der Waals surface area (Å²) in [5.74, 6) is 0.878. The predicted molar refractivity (Wildman–Crippen MR) is 89.8 cm³/mol. The average molecular weight is 303 g/mol. The first-order chi connectivity index (χ1) is 10.1. The molecule has 0 aliphatic rings. The van der Waals surface area contributed by atoms with E-state index in [4.69, 9.17) is 12.2 Å². The SMILES string of the molecule is CCCCc1n[nH]c(=S)n1/N=C/c1ccc(N(C)C)cc1. The Kier molecular flexibility index (Phi) is 5.27. The first-order valence-corrected chi connectivity index (χ1v) is 7.50. The maximum atomic E-state index is 5.22. The standard InChI is InChI=1S/C15H21N5S/c1-4-5-6-14-17-18-15(21)20(14)16-11-12-7-9-13(10-8-12)19(2)3/h7-11H,4-6H2,1-3H3,(H,18,21)/b16-11+. The highest BCUT2D eigenvalue weighted by atomic mass is 32.1. The van der Waals surface area contributed by atoms with E-state index in [1.807, 2.05) is 26.2 Å². The highest BCUT2D eigenvalue weighted by molar-refractivity contribution is 7.71. The highest BCUT2D eigenvalue weighted by Crippen LogP contribution is 2.11. The van der Waals surface area contributed by atoms with Crippen LogP contribution < -0.4 is 4.90 Å². The molecule has 1 aromatic carbocycles. The molecule has 0 unspecified atom stereocenters. The van der Waals surface area contributed by atoms with Crippen molar-refractivity contribution in [2.45, 2.75) is 26.2 Å². The number of hydrogen-bond donors (Lipinski definition) is 1. The number of anilines is 1. The molecular weight excluding hydrogens is 282 g/mol. The van der Waals surface area contributed by atoms with Crippen LogP contribution in [0.1, 0.15) is 31.2 Å². The van der Waals surface area contributed by atoms with Crippen LogP contribution in [0.4, 0.5) is 5.69 Å². The van der Waals surface area contributed by atoms with Crippen molar-refractivity contribution in [3.63, 3.8) is 0 Å². The Morgan fingerprint density at radius 2 is 2.05 bits per heavy atom. The molecule has 0 bridgehead atoms. The fraction of sp³-hybridized carbons (Fsp3) is 0.400. The van der Waals surface area contributed by atoms with E-state index in [-0.39, 0.29) is 0 Å². The second-order valence-electron chi connectivity index (χ2n) is 5.09. The third-order valence-electron chi connectivity index (χ3n) is 3.20. The molecule has 6 heteroatoms. The summed E-state index contributed by atoms with van der Waals surface area (Å²) in [5.41, 5.74) is 2.20. The van der Waals surface area contributed by atoms with Crippen LogP contribution in [-0.2, 0) is 6.42 Å². The maximum Gasteiger partial charge on any atom is 0.216 e. The molecule has 112 valence electrons. The van der Waals surface area contributed by atoms with Crippen molar-refractivity contribution in [2.75, 3.05) is 19.0 Å². The number of aryl methyl sites for hydroxylation is 1. The van der Waals surface area contributed by atoms with Gasteiger partial charge in [0.2, 0.25) is 4.77 Å². The Morgan fingerprint density at radius 3 is 2.67 bits per heavy atom. The second-order valence-corrected chi connectivity index (χ2v) is 5.48. The lowest BCUT2D eigenvalue weighted by molar-refractivity contribution is 0.700. The lowest BCUT2D eigenvalue weighted by atomic mass is 10.2. The Bertz CT molecular complexity index is 651. The van der Waals surface area contributed by atoms with E-state index < -0.39 is 0 Å². The van der Waals surface area contributed by atoms with Crippen molar-refractivity contribution in [3.05, 3.63) is 40.4 Å². The molecule has 0 radical (unpaired) electrons. The van der Waals surface area contributed by atoms with Crippen LogP contribution in [0, 0.1) is 4.77 Å². The van der Waals surface area contributed by atoms with Crippen molar-refractivity contribution in [1.29, 1.82) is 0 Å². The fourth-order valence-corrected chi connectivity index (χ4v) is 2.12. The van der Waals surface area contributed by atoms with Gasteiger partial charge in [0.25, 0.3) is 0 Å². The number of benzene rings is 1. The molecular formula is C15H21N5S. The minimum atomic E-state index is 0.530. The quantitative estimate of drug-likeness (QED) is 0.658. The topological polar surface area (TPSA) is 49.2 Å². The molecule has 0 atom stereocenters. The molecule has 0 aliphatic carbocycles. The second kappa shape index (κ2) is 7.17. The van der Waals surface area contributed by atoms with Crippen LogP contribution in [0.25, 0.3) is 0 Å². The molecule has 21 heavy (non-hydrogen) atoms. The normalized spacial score (nSPS) is 11.2. The minimum Gasteiger partial charge on any atom is -0.378 e. The van der Waals surface area contributed by atoms with Gasteiger partial charge in [-0.25, -0.2) is 0 Å². The fourth-order valence-electron chi connectivity index (χ4n) is 1.92. The number of unbranched alkanes of at least 4 members (excludes halogenated alkanes) is 1. The van der Waals surface area contributed by atoms with Gasteiger partial charge < -0.3 is 4.90 Å². The summed E-state index contributed by atoms with van der Waals surface area (Å²) in [6.07, 6.45) is 4.88. The average Bonchev–Trinajstić information content (AvgIpc) is 2.83. The van der Waals surface area contributed by atoms with Crippen molar-refractivity contribution in [2.24, 2.45) is 5.10 Å². The number of hydrogen-bond acceptors (Lipinski definition) is 4. The molecule has 1 heterocycles. The lowest BCUT2D eigenvalue weighted by Gasteiger charge is -2.11. The zero-order valence-electron chi connectivity index (χ0n) is 12.7. The first-order valence-electron chi connectivity index (χ1n) is 7.10. The Balaban J connectivity index is 2.17. The molecule has 0 amide bonds. The number of nitrogens with one attached hydrogen (secondary N) is 1. The molecule has 2 rings (SSSR count). The molecule has 0 saturated carbocycles. The van der Waals surface area contributed by atoms with Crippen molar-refractivity contribution in [3.8, 4) is 0 Å². The van der Waals surface area contributed by atoms with E-state index in [9.17, 15) is 0 Å². The summed E-state index contributed by atoms with van der Waals surface area (Å²) in [7, 11) is 4.04. The third-order valence-corrected chi connectivity index (χ3v) is 3.47. The van der Waals surface area contributed by atoms with Crippen LogP contribution in [-0.4, -0.2) is 35.2 Å². The third kappa shape index (κ3) is 4.01. The van der Waals surface area contributed by atoms with Crippen LogP contribution in [0.2, 0.25) is 0 Å². The van der Waals surface area contributed by atoms with Crippen LogP contribution in [0.5, 0.6) is 0 Å². The van der Waals surface area contributed by atoms with Gasteiger partial charge in [-0.05, 0) is 36.3 Å². The maximum absolute atomic E-state index is 5.22. The summed E-state index contributed by atoms with van der Waals surface area (Å²) in [4.78, 5) is 2.07. The Labute approximate surface area is 130 Å². The Morgan fingerprint density at radius 1 is 1.33 bits per heavy atom. The van der Waals surface area contributed by atoms with E-state index in [0.29, 0.717) is 4.77 Å². The number of aromatic amines is 1. The number of rotatable bonds is 6. The van der Waals surface area contributed by atoms with Gasteiger partial charge in [-0.2, -0.15) is 14.9 Å². The van der Waals surface area contributed by atoms with Gasteiger partial charge in [0, 0.05) is 26.2 Å². The van der Waals surface area contributed by atoms with E-state index in [0.717, 1.165) is 36.3 Å². The summed E-state index contributed by atoms with van der Waals surface area (Å²) in [6, 6.07) is 8.20. The highest BCUT2D eigenvalue weighted by Gasteiger charge is 2.03. The number of nitrogens with zero attached hydrogens (tertiary/aromatic N) is 4. The van der Waals surface area contributed by atoms with Gasteiger partial charge in [-0.3, -0.25) is 5.10 Å². The van der Waals surface area contributed by atoms with Gasteiger partial charge in [0.1, 0.15) is 0 Å². The first kappa shape index (κ1) is 15.4. The van der Waals surface area contributed by atoms with Gasteiger partial charge in [-0.15, -0.1) is 0 Å². The van der Waals surface area contributed by atoms with E-state index in [1.54, 1.807) is 10.9 Å². The molecule has 0 spiro atoms. The largest absolute Gasteiger partial charge is 0.378 e. The van der Waals surface area contributed by atoms with Crippen molar-refractivity contribution >= 4 is 24.1 Å². The minimum absolute atomic E-state index is 0.530. The number of H-pyrrole nitrogens is 1. The summed E-state index contributed by atoms with van der Waals surface area (Å²) < 4.78 is 2.23. The van der Waals surface area contributed by atoms with Crippen molar-refractivity contribution in [1.82, 2.24) is 14.9 Å². The molecule has 0 aliphatic heterocycles. The van der Waals surface area contributed by atoms with Crippen molar-refractivity contribution < 1.29 is 0 Å². The summed E-state index contributed by atoms with van der Waals surface area (Å²) in [5, 5.41) is 11.5. The van der Waals surface area contributed by atoms with Gasteiger partial charge >= 0.3 is 0 Å². The molecule has 1 aromatic heterocycles. The lowest BCUT2D eigenvalue weighted by Crippen LogP contribution is -2.08. The summed E-state index contributed by atoms with van der Waals surface area (Å²) in [6.45, 7) is 2.15. The number of aromatic nitrogens is 3. The molecule has 5 nitrogen and oxygen atoms in total. The molecule has 0 saturated heterocycles.